The zero-order valence-corrected chi connectivity index (χ0v) is 16.9. The Morgan fingerprint density at radius 2 is 1.89 bits per heavy atom. The highest BCUT2D eigenvalue weighted by Crippen LogP contribution is 2.61. The number of rotatable bonds is 8. The van der Waals surface area contributed by atoms with Crippen molar-refractivity contribution in [2.24, 2.45) is 23.2 Å². The zero-order chi connectivity index (χ0) is 19.0. The lowest BCUT2D eigenvalue weighted by Crippen LogP contribution is -2.46. The first kappa shape index (κ1) is 18.8. The third-order valence-electron chi connectivity index (χ3n) is 7.46. The molecule has 4 saturated carbocycles. The Balaban J connectivity index is 1.54. The van der Waals surface area contributed by atoms with Gasteiger partial charge in [-0.05, 0) is 87.5 Å². The van der Waals surface area contributed by atoms with Crippen LogP contribution in [0.15, 0.2) is 11.8 Å². The summed E-state index contributed by atoms with van der Waals surface area (Å²) in [6, 6.07) is 0. The van der Waals surface area contributed by atoms with E-state index in [1.54, 1.807) is 13.0 Å². The monoisotopic (exact) mass is 370 g/mol. The number of unbranched alkanes of at least 4 members (excludes halogenated alkanes) is 1. The van der Waals surface area contributed by atoms with E-state index in [4.69, 9.17) is 0 Å². The molecule has 4 bridgehead atoms. The number of hydrogen-bond acceptors (Lipinski definition) is 2. The topological polar surface area (TPSA) is 55.1 Å². The summed E-state index contributed by atoms with van der Waals surface area (Å²) in [5.74, 6) is 3.22. The van der Waals surface area contributed by atoms with E-state index in [0.717, 1.165) is 55.1 Å². The highest BCUT2D eigenvalue weighted by molar-refractivity contribution is 5.91. The molecule has 4 aliphatic carbocycles. The highest BCUT2D eigenvalue weighted by Gasteiger charge is 2.50. The molecule has 4 heteroatoms. The quantitative estimate of drug-likeness (QED) is 0.630. The molecule has 0 saturated heterocycles. The minimum atomic E-state index is -0.848. The van der Waals surface area contributed by atoms with Crippen LogP contribution in [0, 0.1) is 23.2 Å². The average Bonchev–Trinajstić information content (AvgIpc) is 2.98. The van der Waals surface area contributed by atoms with E-state index in [1.807, 2.05) is 6.20 Å². The van der Waals surface area contributed by atoms with Gasteiger partial charge in [-0.15, -0.1) is 0 Å². The Labute approximate surface area is 163 Å². The van der Waals surface area contributed by atoms with Gasteiger partial charge in [-0.2, -0.15) is 0 Å². The van der Waals surface area contributed by atoms with E-state index >= 15 is 0 Å². The van der Waals surface area contributed by atoms with Gasteiger partial charge in [0.05, 0.1) is 11.9 Å². The van der Waals surface area contributed by atoms with Gasteiger partial charge >= 0.3 is 5.97 Å². The van der Waals surface area contributed by atoms with E-state index < -0.39 is 5.97 Å². The number of nitrogens with zero attached hydrogens (tertiary/aromatic N) is 2. The number of carbonyl (C=O) groups is 1. The number of imidazole rings is 1. The van der Waals surface area contributed by atoms with E-state index in [0.29, 0.717) is 11.0 Å². The third kappa shape index (κ3) is 3.86. The average molecular weight is 371 g/mol. The minimum Gasteiger partial charge on any atom is -0.478 e. The van der Waals surface area contributed by atoms with Crippen molar-refractivity contribution in [3.63, 3.8) is 0 Å². The first-order chi connectivity index (χ1) is 13.0. The van der Waals surface area contributed by atoms with Crippen LogP contribution in [0.4, 0.5) is 0 Å². The summed E-state index contributed by atoms with van der Waals surface area (Å²) in [5.41, 5.74) is 1.89. The molecule has 0 amide bonds. The Morgan fingerprint density at radius 3 is 2.44 bits per heavy atom. The molecule has 5 rings (SSSR count). The van der Waals surface area contributed by atoms with Gasteiger partial charge in [0, 0.05) is 18.5 Å². The lowest BCUT2D eigenvalue weighted by atomic mass is 9.49. The highest BCUT2D eigenvalue weighted by atomic mass is 16.4. The summed E-state index contributed by atoms with van der Waals surface area (Å²) >= 11 is 0. The Bertz CT molecular complexity index is 695. The fourth-order valence-corrected chi connectivity index (χ4v) is 6.57. The summed E-state index contributed by atoms with van der Waals surface area (Å²) in [6.45, 7) is 4.87. The second kappa shape index (κ2) is 7.44. The van der Waals surface area contributed by atoms with Crippen molar-refractivity contribution in [1.29, 1.82) is 0 Å². The SMILES string of the molecule is CCCCc1ncc(/C=C(\C)C(=O)O)n1CCC12CC3CC(CC(C3)C1)C2. The van der Waals surface area contributed by atoms with Crippen LogP contribution in [-0.4, -0.2) is 20.6 Å². The zero-order valence-electron chi connectivity index (χ0n) is 16.9. The van der Waals surface area contributed by atoms with Crippen LogP contribution in [0.5, 0.6) is 0 Å². The van der Waals surface area contributed by atoms with Gasteiger partial charge in [0.25, 0.3) is 0 Å². The van der Waals surface area contributed by atoms with Crippen molar-refractivity contribution in [2.75, 3.05) is 0 Å². The van der Waals surface area contributed by atoms with Crippen molar-refractivity contribution in [2.45, 2.75) is 84.6 Å². The first-order valence-corrected chi connectivity index (χ1v) is 10.9. The molecule has 0 unspecified atom stereocenters. The molecule has 27 heavy (non-hydrogen) atoms. The van der Waals surface area contributed by atoms with Crippen molar-refractivity contribution in [3.8, 4) is 0 Å². The second-order valence-corrected chi connectivity index (χ2v) is 9.65. The predicted molar refractivity (Wildman–Crippen MR) is 107 cm³/mol. The van der Waals surface area contributed by atoms with Crippen LogP contribution >= 0.6 is 0 Å². The van der Waals surface area contributed by atoms with Gasteiger partial charge in [-0.1, -0.05) is 13.3 Å². The molecule has 4 fully saturated rings. The summed E-state index contributed by atoms with van der Waals surface area (Å²) in [6.07, 6.45) is 16.9. The van der Waals surface area contributed by atoms with Crippen LogP contribution in [-0.2, 0) is 17.8 Å². The van der Waals surface area contributed by atoms with Crippen molar-refractivity contribution in [3.05, 3.63) is 23.3 Å². The van der Waals surface area contributed by atoms with Crippen LogP contribution in [0.25, 0.3) is 6.08 Å². The smallest absolute Gasteiger partial charge is 0.331 e. The van der Waals surface area contributed by atoms with Crippen LogP contribution in [0.3, 0.4) is 0 Å². The fraction of sp³-hybridized carbons (Fsp3) is 0.739. The molecule has 4 aliphatic rings. The minimum absolute atomic E-state index is 0.382. The van der Waals surface area contributed by atoms with Crippen molar-refractivity contribution < 1.29 is 9.90 Å². The van der Waals surface area contributed by atoms with Gasteiger partial charge in [0.2, 0.25) is 0 Å². The molecule has 0 spiro atoms. The van der Waals surface area contributed by atoms with Crippen molar-refractivity contribution >= 4 is 12.0 Å². The van der Waals surface area contributed by atoms with E-state index in [9.17, 15) is 9.90 Å². The Morgan fingerprint density at radius 1 is 1.26 bits per heavy atom. The molecular formula is C23H34N2O2. The molecule has 0 aromatic carbocycles. The third-order valence-corrected chi connectivity index (χ3v) is 7.46. The van der Waals surface area contributed by atoms with Crippen LogP contribution in [0.2, 0.25) is 0 Å². The normalized spacial score (nSPS) is 32.2. The molecular weight excluding hydrogens is 336 g/mol. The maximum absolute atomic E-state index is 11.3. The maximum atomic E-state index is 11.3. The molecule has 0 atom stereocenters. The van der Waals surface area contributed by atoms with Crippen LogP contribution in [0.1, 0.15) is 83.2 Å². The molecule has 0 radical (unpaired) electrons. The number of carboxylic acids is 1. The molecule has 1 heterocycles. The predicted octanol–water partition coefficient (Wildman–Crippen LogP) is 5.32. The number of carboxylic acid groups (broad SMARTS) is 1. The van der Waals surface area contributed by atoms with Crippen LogP contribution < -0.4 is 0 Å². The molecule has 148 valence electrons. The molecule has 1 aromatic rings. The summed E-state index contributed by atoms with van der Waals surface area (Å²) in [5, 5.41) is 9.27. The van der Waals surface area contributed by atoms with E-state index in [-0.39, 0.29) is 0 Å². The molecule has 1 N–H and O–H groups in total. The van der Waals surface area contributed by atoms with Gasteiger partial charge in [-0.3, -0.25) is 0 Å². The van der Waals surface area contributed by atoms with Gasteiger partial charge in [-0.25, -0.2) is 9.78 Å². The standard InChI is InChI=1S/C23H34N2O2/c1-3-4-5-21-24-15-20(8-16(2)22(26)27)25(21)7-6-23-12-17-9-18(13-23)11-19(10-17)14-23/h8,15,17-19H,3-7,9-14H2,1-2H3,(H,26,27)/b16-8+. The van der Waals surface area contributed by atoms with E-state index in [2.05, 4.69) is 16.5 Å². The molecule has 4 nitrogen and oxygen atoms in total. The van der Waals surface area contributed by atoms with Gasteiger partial charge in [0.1, 0.15) is 5.82 Å². The van der Waals surface area contributed by atoms with E-state index in [1.165, 1.54) is 44.9 Å². The number of aliphatic carboxylic acids is 1. The van der Waals surface area contributed by atoms with Gasteiger partial charge < -0.3 is 9.67 Å². The largest absolute Gasteiger partial charge is 0.478 e. The lowest BCUT2D eigenvalue weighted by molar-refractivity contribution is -0.132. The van der Waals surface area contributed by atoms with Gasteiger partial charge in [0.15, 0.2) is 0 Å². The summed E-state index contributed by atoms with van der Waals surface area (Å²) in [7, 11) is 0. The van der Waals surface area contributed by atoms with Crippen molar-refractivity contribution in [1.82, 2.24) is 9.55 Å². The number of hydrogen-bond donors (Lipinski definition) is 1. The number of aromatic nitrogens is 2. The maximum Gasteiger partial charge on any atom is 0.331 e. The Hall–Kier alpha value is -1.58. The first-order valence-electron chi connectivity index (χ1n) is 10.9. The second-order valence-electron chi connectivity index (χ2n) is 9.65. The lowest BCUT2D eigenvalue weighted by Gasteiger charge is -2.57. The summed E-state index contributed by atoms with van der Waals surface area (Å²) in [4.78, 5) is 15.9. The Kier molecular flexibility index (Phi) is 5.17. The summed E-state index contributed by atoms with van der Waals surface area (Å²) < 4.78 is 2.32. The number of aryl methyl sites for hydroxylation is 1. The molecule has 0 aliphatic heterocycles. The fourth-order valence-electron chi connectivity index (χ4n) is 6.57. The molecule has 1 aromatic heterocycles.